The second-order valence-electron chi connectivity index (χ2n) is 6.93. The van der Waals surface area contributed by atoms with E-state index in [2.05, 4.69) is 25.7 Å². The molecule has 0 amide bonds. The summed E-state index contributed by atoms with van der Waals surface area (Å²) in [5.74, 6) is 0.0100. The highest BCUT2D eigenvalue weighted by Crippen LogP contribution is 2.41. The monoisotopic (exact) mass is 239 g/mol. The van der Waals surface area contributed by atoms with Gasteiger partial charge in [0.05, 0.1) is 0 Å². The summed E-state index contributed by atoms with van der Waals surface area (Å²) < 4.78 is 0. The molecule has 0 aromatic heterocycles. The number of hydrogen-bond acceptors (Lipinski definition) is 2. The van der Waals surface area contributed by atoms with Gasteiger partial charge in [-0.05, 0) is 30.6 Å². The van der Waals surface area contributed by atoms with E-state index in [9.17, 15) is 9.90 Å². The number of carbonyl (C=O) groups is 1. The number of rotatable bonds is 2. The normalized spacial score (nSPS) is 34.6. The summed E-state index contributed by atoms with van der Waals surface area (Å²) in [7, 11) is 0. The summed E-state index contributed by atoms with van der Waals surface area (Å²) in [5.41, 5.74) is 0.181. The van der Waals surface area contributed by atoms with Gasteiger partial charge >= 0.3 is 5.97 Å². The van der Waals surface area contributed by atoms with Crippen molar-refractivity contribution in [3.63, 3.8) is 0 Å². The molecule has 0 bridgehead atoms. The highest BCUT2D eigenvalue weighted by atomic mass is 16.4. The van der Waals surface area contributed by atoms with E-state index < -0.39 is 5.97 Å². The minimum absolute atomic E-state index is 0.181. The maximum absolute atomic E-state index is 11.4. The zero-order chi connectivity index (χ0) is 12.6. The van der Waals surface area contributed by atoms with Crippen molar-refractivity contribution in [2.24, 2.45) is 11.3 Å². The standard InChI is InChI=1S/C14H25NO2/c1-14(2,3)9-15-11-7-5-4-6-10(11)8-12(15)13(16)17/h10-12H,4-9H2,1-3H3,(H,16,17). The lowest BCUT2D eigenvalue weighted by Gasteiger charge is -2.36. The lowest BCUT2D eigenvalue weighted by molar-refractivity contribution is -0.143. The van der Waals surface area contributed by atoms with Crippen LogP contribution in [-0.2, 0) is 4.79 Å². The van der Waals surface area contributed by atoms with Crippen LogP contribution in [0.2, 0.25) is 0 Å². The quantitative estimate of drug-likeness (QED) is 0.805. The maximum atomic E-state index is 11.4. The van der Waals surface area contributed by atoms with Gasteiger partial charge in [-0.3, -0.25) is 9.69 Å². The first-order valence-corrected chi connectivity index (χ1v) is 6.87. The fraction of sp³-hybridized carbons (Fsp3) is 0.929. The first-order valence-electron chi connectivity index (χ1n) is 6.87. The Bertz CT molecular complexity index is 295. The lowest BCUT2D eigenvalue weighted by atomic mass is 9.84. The van der Waals surface area contributed by atoms with Gasteiger partial charge in [-0.1, -0.05) is 33.6 Å². The molecule has 2 rings (SSSR count). The number of carboxylic acids is 1. The Morgan fingerprint density at radius 3 is 2.53 bits per heavy atom. The average Bonchev–Trinajstić information content (AvgIpc) is 2.55. The van der Waals surface area contributed by atoms with Crippen molar-refractivity contribution in [2.45, 2.75) is 65.0 Å². The van der Waals surface area contributed by atoms with E-state index in [1.165, 1.54) is 25.7 Å². The SMILES string of the molecule is CC(C)(C)CN1C(C(=O)O)CC2CCCCC21. The minimum atomic E-state index is -0.622. The zero-order valence-corrected chi connectivity index (χ0v) is 11.3. The van der Waals surface area contributed by atoms with Crippen LogP contribution in [0.3, 0.4) is 0 Å². The van der Waals surface area contributed by atoms with Crippen molar-refractivity contribution in [1.29, 1.82) is 0 Å². The molecule has 2 aliphatic rings. The fourth-order valence-electron chi connectivity index (χ4n) is 3.57. The molecule has 1 N–H and O–H groups in total. The Labute approximate surface area is 104 Å². The Hall–Kier alpha value is -0.570. The van der Waals surface area contributed by atoms with Crippen LogP contribution >= 0.6 is 0 Å². The van der Waals surface area contributed by atoms with E-state index >= 15 is 0 Å². The molecule has 3 heteroatoms. The molecular formula is C14H25NO2. The third kappa shape index (κ3) is 2.82. The molecule has 0 aromatic rings. The average molecular weight is 239 g/mol. The Balaban J connectivity index is 2.14. The first-order chi connectivity index (χ1) is 7.88. The lowest BCUT2D eigenvalue weighted by Crippen LogP contribution is -2.46. The van der Waals surface area contributed by atoms with Gasteiger partial charge in [0.25, 0.3) is 0 Å². The van der Waals surface area contributed by atoms with Gasteiger partial charge in [-0.2, -0.15) is 0 Å². The van der Waals surface area contributed by atoms with Crippen LogP contribution in [0, 0.1) is 11.3 Å². The molecule has 1 heterocycles. The third-order valence-corrected chi connectivity index (χ3v) is 4.16. The Kier molecular flexibility index (Phi) is 3.48. The number of aliphatic carboxylic acids is 1. The molecule has 0 radical (unpaired) electrons. The van der Waals surface area contributed by atoms with Crippen LogP contribution in [0.4, 0.5) is 0 Å². The van der Waals surface area contributed by atoms with Gasteiger partial charge < -0.3 is 5.11 Å². The molecule has 2 fully saturated rings. The summed E-state index contributed by atoms with van der Waals surface area (Å²) in [5, 5.41) is 9.39. The zero-order valence-electron chi connectivity index (χ0n) is 11.3. The predicted molar refractivity (Wildman–Crippen MR) is 67.9 cm³/mol. The van der Waals surface area contributed by atoms with E-state index in [1.54, 1.807) is 0 Å². The van der Waals surface area contributed by atoms with Gasteiger partial charge in [0, 0.05) is 12.6 Å². The van der Waals surface area contributed by atoms with Crippen molar-refractivity contribution in [1.82, 2.24) is 4.90 Å². The van der Waals surface area contributed by atoms with E-state index in [-0.39, 0.29) is 11.5 Å². The molecule has 0 spiro atoms. The van der Waals surface area contributed by atoms with Crippen LogP contribution in [0.1, 0.15) is 52.9 Å². The van der Waals surface area contributed by atoms with Crippen LogP contribution in [0.5, 0.6) is 0 Å². The number of fused-ring (bicyclic) bond motifs is 1. The van der Waals surface area contributed by atoms with E-state index in [0.29, 0.717) is 12.0 Å². The Morgan fingerprint density at radius 1 is 1.29 bits per heavy atom. The van der Waals surface area contributed by atoms with Gasteiger partial charge in [0.1, 0.15) is 6.04 Å². The topological polar surface area (TPSA) is 40.5 Å². The molecule has 1 saturated carbocycles. The number of nitrogens with zero attached hydrogens (tertiary/aromatic N) is 1. The van der Waals surface area contributed by atoms with E-state index in [0.717, 1.165) is 13.0 Å². The van der Waals surface area contributed by atoms with Crippen molar-refractivity contribution in [2.75, 3.05) is 6.54 Å². The van der Waals surface area contributed by atoms with Gasteiger partial charge in [0.2, 0.25) is 0 Å². The minimum Gasteiger partial charge on any atom is -0.480 e. The van der Waals surface area contributed by atoms with Crippen LogP contribution in [-0.4, -0.2) is 34.6 Å². The van der Waals surface area contributed by atoms with Gasteiger partial charge in [-0.25, -0.2) is 0 Å². The second-order valence-corrected chi connectivity index (χ2v) is 6.93. The molecule has 1 aliphatic heterocycles. The molecule has 1 saturated heterocycles. The number of carboxylic acid groups (broad SMARTS) is 1. The van der Waals surface area contributed by atoms with E-state index in [4.69, 9.17) is 0 Å². The highest BCUT2D eigenvalue weighted by Gasteiger charge is 2.45. The number of hydrogen-bond donors (Lipinski definition) is 1. The second kappa shape index (κ2) is 4.60. The largest absolute Gasteiger partial charge is 0.480 e. The van der Waals surface area contributed by atoms with E-state index in [1.807, 2.05) is 0 Å². The van der Waals surface area contributed by atoms with Gasteiger partial charge in [-0.15, -0.1) is 0 Å². The van der Waals surface area contributed by atoms with Crippen molar-refractivity contribution < 1.29 is 9.90 Å². The van der Waals surface area contributed by atoms with Crippen molar-refractivity contribution in [3.8, 4) is 0 Å². The molecule has 3 atom stereocenters. The molecular weight excluding hydrogens is 214 g/mol. The van der Waals surface area contributed by atoms with Crippen LogP contribution in [0.25, 0.3) is 0 Å². The molecule has 3 nitrogen and oxygen atoms in total. The first kappa shape index (κ1) is 12.9. The number of likely N-dealkylation sites (tertiary alicyclic amines) is 1. The molecule has 1 aliphatic carbocycles. The van der Waals surface area contributed by atoms with Gasteiger partial charge in [0.15, 0.2) is 0 Å². The summed E-state index contributed by atoms with van der Waals surface area (Å²) in [4.78, 5) is 13.7. The Morgan fingerprint density at radius 2 is 1.94 bits per heavy atom. The molecule has 3 unspecified atom stereocenters. The summed E-state index contributed by atoms with van der Waals surface area (Å²) in [6.07, 6.45) is 5.86. The molecule has 0 aromatic carbocycles. The highest BCUT2D eigenvalue weighted by molar-refractivity contribution is 5.74. The predicted octanol–water partition coefficient (Wildman–Crippen LogP) is 2.75. The summed E-state index contributed by atoms with van der Waals surface area (Å²) >= 11 is 0. The van der Waals surface area contributed by atoms with Crippen molar-refractivity contribution >= 4 is 5.97 Å². The summed E-state index contributed by atoms with van der Waals surface area (Å²) in [6.45, 7) is 7.50. The van der Waals surface area contributed by atoms with Crippen LogP contribution in [0.15, 0.2) is 0 Å². The third-order valence-electron chi connectivity index (χ3n) is 4.16. The fourth-order valence-corrected chi connectivity index (χ4v) is 3.57. The summed E-state index contributed by atoms with van der Waals surface area (Å²) in [6, 6.07) is 0.298. The van der Waals surface area contributed by atoms with Crippen LogP contribution < -0.4 is 0 Å². The van der Waals surface area contributed by atoms with Crippen molar-refractivity contribution in [3.05, 3.63) is 0 Å². The smallest absolute Gasteiger partial charge is 0.320 e. The molecule has 98 valence electrons. The molecule has 17 heavy (non-hydrogen) atoms. The maximum Gasteiger partial charge on any atom is 0.320 e.